The Hall–Kier alpha value is -0.700. The van der Waals surface area contributed by atoms with E-state index < -0.39 is 0 Å². The van der Waals surface area contributed by atoms with E-state index in [0.717, 1.165) is 16.8 Å². The van der Waals surface area contributed by atoms with Crippen molar-refractivity contribution >= 4 is 15.9 Å². The second-order valence-electron chi connectivity index (χ2n) is 3.46. The smallest absolute Gasteiger partial charge is 0.161 e. The fourth-order valence-electron chi connectivity index (χ4n) is 1.46. The molecule has 1 aromatic rings. The molecular weight excluding hydrogens is 244 g/mol. The van der Waals surface area contributed by atoms with E-state index in [4.69, 9.17) is 9.47 Å². The van der Waals surface area contributed by atoms with Crippen LogP contribution in [0.4, 0.5) is 0 Å². The van der Waals surface area contributed by atoms with Crippen LogP contribution < -0.4 is 9.47 Å². The van der Waals surface area contributed by atoms with Crippen LogP contribution in [0, 0.1) is 0 Å². The summed E-state index contributed by atoms with van der Waals surface area (Å²) in [6.07, 6.45) is 0. The highest BCUT2D eigenvalue weighted by molar-refractivity contribution is 9.09. The van der Waals surface area contributed by atoms with Crippen molar-refractivity contribution in [3.8, 4) is 11.5 Å². The minimum atomic E-state index is 0.505. The monoisotopic (exact) mass is 256 g/mol. The highest BCUT2D eigenvalue weighted by atomic mass is 79.9. The van der Waals surface area contributed by atoms with Crippen LogP contribution in [0.3, 0.4) is 0 Å². The molecule has 2 nitrogen and oxygen atoms in total. The third kappa shape index (κ3) is 1.87. The van der Waals surface area contributed by atoms with E-state index in [1.807, 2.05) is 6.07 Å². The first-order chi connectivity index (χ1) is 6.81. The molecule has 0 saturated carbocycles. The van der Waals surface area contributed by atoms with Crippen molar-refractivity contribution in [3.63, 3.8) is 0 Å². The number of alkyl halides is 1. The Morgan fingerprint density at radius 2 is 2.00 bits per heavy atom. The second kappa shape index (κ2) is 4.22. The average molecular weight is 257 g/mol. The average Bonchev–Trinajstić information content (AvgIpc) is 2.27. The summed E-state index contributed by atoms with van der Waals surface area (Å²) in [6.45, 7) is 3.49. The quantitative estimate of drug-likeness (QED) is 0.758. The zero-order chi connectivity index (χ0) is 9.97. The number of rotatable bonds is 2. The Kier molecular flexibility index (Phi) is 2.96. The molecule has 1 heterocycles. The molecule has 76 valence electrons. The SMILES string of the molecule is CC(CBr)c1ccc2c(c1)OCCO2. The summed E-state index contributed by atoms with van der Waals surface area (Å²) in [6, 6.07) is 6.16. The summed E-state index contributed by atoms with van der Waals surface area (Å²) in [7, 11) is 0. The van der Waals surface area contributed by atoms with Gasteiger partial charge in [-0.3, -0.25) is 0 Å². The van der Waals surface area contributed by atoms with Crippen molar-refractivity contribution in [3.05, 3.63) is 23.8 Å². The van der Waals surface area contributed by atoms with E-state index in [1.165, 1.54) is 5.56 Å². The fraction of sp³-hybridized carbons (Fsp3) is 0.455. The van der Waals surface area contributed by atoms with Gasteiger partial charge in [0.1, 0.15) is 13.2 Å². The predicted octanol–water partition coefficient (Wildman–Crippen LogP) is 2.96. The maximum atomic E-state index is 5.52. The zero-order valence-electron chi connectivity index (χ0n) is 8.13. The van der Waals surface area contributed by atoms with Crippen molar-refractivity contribution in [1.82, 2.24) is 0 Å². The number of benzene rings is 1. The van der Waals surface area contributed by atoms with Crippen molar-refractivity contribution in [2.24, 2.45) is 0 Å². The zero-order valence-corrected chi connectivity index (χ0v) is 9.71. The van der Waals surface area contributed by atoms with Crippen LogP contribution >= 0.6 is 15.9 Å². The molecular formula is C11H13BrO2. The number of fused-ring (bicyclic) bond motifs is 1. The Labute approximate surface area is 92.3 Å². The lowest BCUT2D eigenvalue weighted by Crippen LogP contribution is -2.15. The standard InChI is InChI=1S/C11H13BrO2/c1-8(7-12)9-2-3-10-11(6-9)14-5-4-13-10/h2-3,6,8H,4-5,7H2,1H3. The maximum Gasteiger partial charge on any atom is 0.161 e. The summed E-state index contributed by atoms with van der Waals surface area (Å²) >= 11 is 3.48. The molecule has 0 spiro atoms. The van der Waals surface area contributed by atoms with E-state index in [9.17, 15) is 0 Å². The van der Waals surface area contributed by atoms with Crippen molar-refractivity contribution < 1.29 is 9.47 Å². The molecule has 1 aromatic carbocycles. The first-order valence-electron chi connectivity index (χ1n) is 4.77. The molecule has 1 atom stereocenters. The predicted molar refractivity (Wildman–Crippen MR) is 59.6 cm³/mol. The van der Waals surface area contributed by atoms with Crippen LogP contribution in [0.5, 0.6) is 11.5 Å². The molecule has 0 fully saturated rings. The molecule has 0 radical (unpaired) electrons. The van der Waals surface area contributed by atoms with Gasteiger partial charge >= 0.3 is 0 Å². The molecule has 0 bridgehead atoms. The Balaban J connectivity index is 2.29. The normalized spacial score (nSPS) is 16.4. The summed E-state index contributed by atoms with van der Waals surface area (Å²) in [5, 5.41) is 0.965. The summed E-state index contributed by atoms with van der Waals surface area (Å²) in [4.78, 5) is 0. The molecule has 0 saturated heterocycles. The molecule has 1 unspecified atom stereocenters. The molecule has 1 aliphatic rings. The summed E-state index contributed by atoms with van der Waals surface area (Å²) < 4.78 is 11.0. The van der Waals surface area contributed by atoms with Gasteiger partial charge < -0.3 is 9.47 Å². The molecule has 0 amide bonds. The summed E-state index contributed by atoms with van der Waals surface area (Å²) in [5.74, 6) is 2.24. The van der Waals surface area contributed by atoms with Crippen molar-refractivity contribution in [2.45, 2.75) is 12.8 Å². The molecule has 3 heteroatoms. The Morgan fingerprint density at radius 3 is 2.71 bits per heavy atom. The van der Waals surface area contributed by atoms with Crippen LogP contribution in [0.25, 0.3) is 0 Å². The number of halogens is 1. The van der Waals surface area contributed by atoms with Gasteiger partial charge in [0, 0.05) is 5.33 Å². The third-order valence-electron chi connectivity index (χ3n) is 2.37. The van der Waals surface area contributed by atoms with Gasteiger partial charge in [0.15, 0.2) is 11.5 Å². The molecule has 2 rings (SSSR count). The van der Waals surface area contributed by atoms with E-state index in [0.29, 0.717) is 19.1 Å². The molecule has 0 aliphatic carbocycles. The minimum Gasteiger partial charge on any atom is -0.486 e. The minimum absolute atomic E-state index is 0.505. The van der Waals surface area contributed by atoms with Gasteiger partial charge in [0.05, 0.1) is 0 Å². The van der Waals surface area contributed by atoms with E-state index in [2.05, 4.69) is 35.0 Å². The number of hydrogen-bond acceptors (Lipinski definition) is 2. The lowest BCUT2D eigenvalue weighted by atomic mass is 10.0. The molecule has 0 N–H and O–H groups in total. The van der Waals surface area contributed by atoms with Crippen LogP contribution in [-0.4, -0.2) is 18.5 Å². The van der Waals surface area contributed by atoms with Gasteiger partial charge in [-0.2, -0.15) is 0 Å². The third-order valence-corrected chi connectivity index (χ3v) is 3.34. The maximum absolute atomic E-state index is 5.52. The van der Waals surface area contributed by atoms with Crippen LogP contribution in [-0.2, 0) is 0 Å². The van der Waals surface area contributed by atoms with Crippen molar-refractivity contribution in [1.29, 1.82) is 0 Å². The lowest BCUT2D eigenvalue weighted by molar-refractivity contribution is 0.171. The van der Waals surface area contributed by atoms with Crippen LogP contribution in [0.1, 0.15) is 18.4 Å². The lowest BCUT2D eigenvalue weighted by Gasteiger charge is -2.20. The van der Waals surface area contributed by atoms with Gasteiger partial charge in [-0.25, -0.2) is 0 Å². The van der Waals surface area contributed by atoms with E-state index in [1.54, 1.807) is 0 Å². The second-order valence-corrected chi connectivity index (χ2v) is 4.11. The molecule has 0 aromatic heterocycles. The molecule has 1 aliphatic heterocycles. The van der Waals surface area contributed by atoms with Crippen LogP contribution in [0.2, 0.25) is 0 Å². The molecule has 14 heavy (non-hydrogen) atoms. The largest absolute Gasteiger partial charge is 0.486 e. The number of ether oxygens (including phenoxy) is 2. The summed E-state index contributed by atoms with van der Waals surface area (Å²) in [5.41, 5.74) is 1.28. The Morgan fingerprint density at radius 1 is 1.29 bits per heavy atom. The highest BCUT2D eigenvalue weighted by Crippen LogP contribution is 2.33. The topological polar surface area (TPSA) is 18.5 Å². The first-order valence-corrected chi connectivity index (χ1v) is 5.89. The van der Waals surface area contributed by atoms with Gasteiger partial charge in [-0.05, 0) is 23.6 Å². The van der Waals surface area contributed by atoms with E-state index >= 15 is 0 Å². The van der Waals surface area contributed by atoms with Gasteiger partial charge in [0.25, 0.3) is 0 Å². The first kappa shape index (κ1) is 9.84. The van der Waals surface area contributed by atoms with Gasteiger partial charge in [-0.15, -0.1) is 0 Å². The van der Waals surface area contributed by atoms with Crippen molar-refractivity contribution in [2.75, 3.05) is 18.5 Å². The Bertz CT molecular complexity index is 325. The van der Waals surface area contributed by atoms with Crippen LogP contribution in [0.15, 0.2) is 18.2 Å². The van der Waals surface area contributed by atoms with E-state index in [-0.39, 0.29) is 0 Å². The van der Waals surface area contributed by atoms with Gasteiger partial charge in [0.2, 0.25) is 0 Å². The fourth-order valence-corrected chi connectivity index (χ4v) is 1.83. The van der Waals surface area contributed by atoms with Gasteiger partial charge in [-0.1, -0.05) is 28.9 Å². The highest BCUT2D eigenvalue weighted by Gasteiger charge is 2.13. The number of hydrogen-bond donors (Lipinski definition) is 0.